The lowest BCUT2D eigenvalue weighted by atomic mass is 10.1. The molecule has 6 heteroatoms. The third-order valence-electron chi connectivity index (χ3n) is 2.95. The molecule has 0 atom stereocenters. The quantitative estimate of drug-likeness (QED) is 0.440. The predicted molar refractivity (Wildman–Crippen MR) is 98.0 cm³/mol. The second-order valence-corrected chi connectivity index (χ2v) is 6.35. The molecule has 5 nitrogen and oxygen atoms in total. The average Bonchev–Trinajstić information content (AvgIpc) is 2.48. The Morgan fingerprint density at radius 1 is 1.26 bits per heavy atom. The number of nitrogens with one attached hydrogen (secondary N) is 1. The molecule has 0 aliphatic carbocycles. The number of carbonyl (C=O) groups is 1. The molecule has 0 heterocycles. The molecule has 0 fully saturated rings. The zero-order valence-electron chi connectivity index (χ0n) is 12.8. The van der Waals surface area contributed by atoms with Gasteiger partial charge in [0.2, 0.25) is 0 Å². The Labute approximate surface area is 148 Å². The van der Waals surface area contributed by atoms with Crippen molar-refractivity contribution >= 4 is 34.7 Å². The largest absolute Gasteiger partial charge is 0.507 e. The highest BCUT2D eigenvalue weighted by Gasteiger charge is 2.03. The molecule has 0 aliphatic heterocycles. The van der Waals surface area contributed by atoms with Crippen LogP contribution in [-0.2, 0) is 4.79 Å². The van der Waals surface area contributed by atoms with E-state index in [2.05, 4.69) is 33.1 Å². The summed E-state index contributed by atoms with van der Waals surface area (Å²) in [6.45, 7) is 3.81. The van der Waals surface area contributed by atoms with Gasteiger partial charge < -0.3 is 9.84 Å². The van der Waals surface area contributed by atoms with E-state index in [0.29, 0.717) is 11.3 Å². The maximum Gasteiger partial charge on any atom is 0.277 e. The first-order valence-corrected chi connectivity index (χ1v) is 8.03. The van der Waals surface area contributed by atoms with E-state index in [1.807, 2.05) is 32.0 Å². The topological polar surface area (TPSA) is 70.9 Å². The zero-order chi connectivity index (χ0) is 16.8. The van der Waals surface area contributed by atoms with E-state index >= 15 is 0 Å². The van der Waals surface area contributed by atoms with Crippen molar-refractivity contribution in [2.45, 2.75) is 13.8 Å². The fraction of sp³-hybridized carbons (Fsp3) is 0.176. The molecule has 2 rings (SSSR count). The lowest BCUT2D eigenvalue weighted by Gasteiger charge is -2.07. The van der Waals surface area contributed by atoms with Gasteiger partial charge in [0, 0.05) is 9.13 Å². The molecule has 0 unspecified atom stereocenters. The molecule has 0 saturated heterocycles. The number of aryl methyl sites for hydroxylation is 2. The number of rotatable bonds is 5. The van der Waals surface area contributed by atoms with Crippen molar-refractivity contribution in [2.75, 3.05) is 6.61 Å². The van der Waals surface area contributed by atoms with Crippen molar-refractivity contribution < 1.29 is 14.6 Å². The van der Waals surface area contributed by atoms with Gasteiger partial charge in [-0.25, -0.2) is 5.43 Å². The second-order valence-electron chi connectivity index (χ2n) is 5.11. The fourth-order valence-electron chi connectivity index (χ4n) is 2.00. The van der Waals surface area contributed by atoms with E-state index in [1.54, 1.807) is 18.2 Å². The molecule has 2 aromatic carbocycles. The van der Waals surface area contributed by atoms with E-state index in [0.717, 1.165) is 14.7 Å². The molecule has 23 heavy (non-hydrogen) atoms. The highest BCUT2D eigenvalue weighted by atomic mass is 127. The maximum absolute atomic E-state index is 11.7. The molecular formula is C17H17IN2O3. The lowest BCUT2D eigenvalue weighted by molar-refractivity contribution is -0.123. The predicted octanol–water partition coefficient (Wildman–Crippen LogP) is 3.14. The van der Waals surface area contributed by atoms with E-state index in [9.17, 15) is 9.90 Å². The Hall–Kier alpha value is -2.09. The van der Waals surface area contributed by atoms with Gasteiger partial charge in [-0.2, -0.15) is 5.10 Å². The molecule has 120 valence electrons. The van der Waals surface area contributed by atoms with Crippen molar-refractivity contribution in [2.24, 2.45) is 5.10 Å². The van der Waals surface area contributed by atoms with Crippen molar-refractivity contribution in [3.05, 3.63) is 56.7 Å². The SMILES string of the molecule is Cc1cc(C)cc(OCC(=O)N/N=C/c2cc(I)ccc2O)c1. The number of phenolic OH excluding ortho intramolecular Hbond substituents is 1. The number of ether oxygens (including phenoxy) is 1. The average molecular weight is 424 g/mol. The maximum atomic E-state index is 11.7. The van der Waals surface area contributed by atoms with Crippen LogP contribution >= 0.6 is 22.6 Å². The van der Waals surface area contributed by atoms with Gasteiger partial charge in [0.15, 0.2) is 6.61 Å². The minimum atomic E-state index is -0.370. The van der Waals surface area contributed by atoms with Gasteiger partial charge in [-0.15, -0.1) is 0 Å². The van der Waals surface area contributed by atoms with E-state index in [1.165, 1.54) is 6.21 Å². The summed E-state index contributed by atoms with van der Waals surface area (Å²) in [7, 11) is 0. The summed E-state index contributed by atoms with van der Waals surface area (Å²) in [5, 5.41) is 13.5. The van der Waals surface area contributed by atoms with Gasteiger partial charge in [0.1, 0.15) is 11.5 Å². The molecule has 0 aliphatic rings. The van der Waals surface area contributed by atoms with Gasteiger partial charge in [-0.05, 0) is 77.9 Å². The number of aromatic hydroxyl groups is 1. The van der Waals surface area contributed by atoms with Crippen molar-refractivity contribution in [3.63, 3.8) is 0 Å². The van der Waals surface area contributed by atoms with Gasteiger partial charge >= 0.3 is 0 Å². The fourth-order valence-corrected chi connectivity index (χ4v) is 2.52. The minimum Gasteiger partial charge on any atom is -0.507 e. The normalized spacial score (nSPS) is 10.7. The highest BCUT2D eigenvalue weighted by molar-refractivity contribution is 14.1. The summed E-state index contributed by atoms with van der Waals surface area (Å²) in [5.41, 5.74) is 5.06. The number of carbonyl (C=O) groups excluding carboxylic acids is 1. The number of halogens is 1. The summed E-state index contributed by atoms with van der Waals surface area (Å²) in [6.07, 6.45) is 1.40. The summed E-state index contributed by atoms with van der Waals surface area (Å²) in [5.74, 6) is 0.386. The lowest BCUT2D eigenvalue weighted by Crippen LogP contribution is -2.24. The third-order valence-corrected chi connectivity index (χ3v) is 3.62. The van der Waals surface area contributed by atoms with Crippen LogP contribution in [0.15, 0.2) is 41.5 Å². The number of phenols is 1. The van der Waals surface area contributed by atoms with E-state index in [-0.39, 0.29) is 18.3 Å². The number of benzene rings is 2. The van der Waals surface area contributed by atoms with Gasteiger partial charge in [0.05, 0.1) is 6.21 Å². The first-order valence-electron chi connectivity index (χ1n) is 6.95. The minimum absolute atomic E-state index is 0.106. The van der Waals surface area contributed by atoms with Crippen molar-refractivity contribution in [3.8, 4) is 11.5 Å². The molecule has 0 spiro atoms. The van der Waals surface area contributed by atoms with E-state index in [4.69, 9.17) is 4.74 Å². The number of hydrogen-bond donors (Lipinski definition) is 2. The number of amides is 1. The standard InChI is InChI=1S/C17H17IN2O3/c1-11-5-12(2)7-15(6-11)23-10-17(22)20-19-9-13-8-14(18)3-4-16(13)21/h3-9,21H,10H2,1-2H3,(H,20,22)/b19-9+. The van der Waals surface area contributed by atoms with Crippen LogP contribution in [0.3, 0.4) is 0 Å². The summed E-state index contributed by atoms with van der Waals surface area (Å²) in [6, 6.07) is 10.9. The first kappa shape index (κ1) is 17.3. The second kappa shape index (κ2) is 7.96. The number of hydrogen-bond acceptors (Lipinski definition) is 4. The Morgan fingerprint density at radius 2 is 1.96 bits per heavy atom. The highest BCUT2D eigenvalue weighted by Crippen LogP contribution is 2.17. The van der Waals surface area contributed by atoms with Crippen molar-refractivity contribution in [1.82, 2.24) is 5.43 Å². The molecular weight excluding hydrogens is 407 g/mol. The summed E-state index contributed by atoms with van der Waals surface area (Å²) in [4.78, 5) is 11.7. The van der Waals surface area contributed by atoms with E-state index < -0.39 is 0 Å². The van der Waals surface area contributed by atoms with Gasteiger partial charge in [0.25, 0.3) is 5.91 Å². The Bertz CT molecular complexity index is 724. The number of hydrazone groups is 1. The molecule has 0 radical (unpaired) electrons. The monoisotopic (exact) mass is 424 g/mol. The van der Waals surface area contributed by atoms with Gasteiger partial charge in [-0.3, -0.25) is 4.79 Å². The smallest absolute Gasteiger partial charge is 0.277 e. The van der Waals surface area contributed by atoms with Crippen LogP contribution in [-0.4, -0.2) is 23.8 Å². The van der Waals surface area contributed by atoms with Crippen LogP contribution in [0.25, 0.3) is 0 Å². The zero-order valence-corrected chi connectivity index (χ0v) is 15.0. The molecule has 2 N–H and O–H groups in total. The van der Waals surface area contributed by atoms with Crippen LogP contribution < -0.4 is 10.2 Å². The molecule has 0 bridgehead atoms. The van der Waals surface area contributed by atoms with Crippen LogP contribution in [0.5, 0.6) is 11.5 Å². The van der Waals surface area contributed by atoms with Gasteiger partial charge in [-0.1, -0.05) is 6.07 Å². The Kier molecular flexibility index (Phi) is 5.97. The Balaban J connectivity index is 1.87. The van der Waals surface area contributed by atoms with Crippen LogP contribution in [0.2, 0.25) is 0 Å². The van der Waals surface area contributed by atoms with Crippen LogP contribution in [0, 0.1) is 17.4 Å². The first-order chi connectivity index (χ1) is 10.9. The van der Waals surface area contributed by atoms with Crippen LogP contribution in [0.1, 0.15) is 16.7 Å². The molecule has 0 saturated carbocycles. The molecule has 2 aromatic rings. The Morgan fingerprint density at radius 3 is 2.65 bits per heavy atom. The third kappa shape index (κ3) is 5.55. The molecule has 0 aromatic heterocycles. The number of nitrogens with zero attached hydrogens (tertiary/aromatic N) is 1. The molecule has 1 amide bonds. The van der Waals surface area contributed by atoms with Crippen LogP contribution in [0.4, 0.5) is 0 Å². The summed E-state index contributed by atoms with van der Waals surface area (Å²) >= 11 is 2.13. The summed E-state index contributed by atoms with van der Waals surface area (Å²) < 4.78 is 6.40. The van der Waals surface area contributed by atoms with Crippen molar-refractivity contribution in [1.29, 1.82) is 0 Å².